The minimum Gasteiger partial charge on any atom is -0.478 e. The molecule has 0 aliphatic carbocycles. The average molecular weight is 606 g/mol. The van der Waals surface area contributed by atoms with Crippen LogP contribution in [-0.4, -0.2) is 34.5 Å². The molecule has 0 aliphatic rings. The molecule has 0 radical (unpaired) electrons. The van der Waals surface area contributed by atoms with E-state index in [0.717, 1.165) is 12.1 Å². The van der Waals surface area contributed by atoms with E-state index < -0.39 is 63.5 Å². The molecule has 6 N–H and O–H groups in total. The molecule has 0 aromatic heterocycles. The summed E-state index contributed by atoms with van der Waals surface area (Å²) in [7, 11) is 0. The zero-order chi connectivity index (χ0) is 31.7. The number of nitrogen functional groups attached to an aromatic ring is 2. The van der Waals surface area contributed by atoms with Crippen LogP contribution in [0.2, 0.25) is 0 Å². The van der Waals surface area contributed by atoms with Gasteiger partial charge in [-0.1, -0.05) is 0 Å². The van der Waals surface area contributed by atoms with Crippen molar-refractivity contribution in [3.05, 3.63) is 107 Å². The summed E-state index contributed by atoms with van der Waals surface area (Å²) >= 11 is 0. The van der Waals surface area contributed by atoms with Crippen LogP contribution in [0.4, 0.5) is 37.7 Å². The summed E-state index contributed by atoms with van der Waals surface area (Å²) in [5.74, 6) is -5.20. The third-order valence-electron chi connectivity index (χ3n) is 6.26. The maximum atomic E-state index is 15.0. The largest absolute Gasteiger partial charge is 0.478 e. The van der Waals surface area contributed by atoms with Gasteiger partial charge in [0.15, 0.2) is 0 Å². The van der Waals surface area contributed by atoms with Crippen molar-refractivity contribution >= 4 is 23.3 Å². The summed E-state index contributed by atoms with van der Waals surface area (Å²) in [4.78, 5) is 23.7. The Morgan fingerprint density at radius 2 is 0.860 bits per heavy atom. The zero-order valence-electron chi connectivity index (χ0n) is 21.5. The molecule has 0 aliphatic heterocycles. The number of anilines is 2. The second-order valence-electron chi connectivity index (χ2n) is 9.19. The average Bonchev–Trinajstić information content (AvgIpc) is 2.90. The molecule has 0 atom stereocenters. The van der Waals surface area contributed by atoms with Crippen LogP contribution in [0.1, 0.15) is 31.8 Å². The van der Waals surface area contributed by atoms with Crippen LogP contribution >= 0.6 is 0 Å². The predicted molar refractivity (Wildman–Crippen MR) is 142 cm³/mol. The third-order valence-corrected chi connectivity index (χ3v) is 6.26. The number of nitrogens with two attached hydrogens (primary N) is 2. The summed E-state index contributed by atoms with van der Waals surface area (Å²) in [5.41, 5.74) is 1.64. The zero-order valence-corrected chi connectivity index (χ0v) is 21.5. The molecule has 4 aromatic carbocycles. The van der Waals surface area contributed by atoms with Crippen LogP contribution in [0.5, 0.6) is 23.0 Å². The van der Waals surface area contributed by atoms with Gasteiger partial charge < -0.3 is 31.2 Å². The monoisotopic (exact) mass is 606 g/mol. The summed E-state index contributed by atoms with van der Waals surface area (Å²) in [6.07, 6.45) is -12.4. The molecular weight excluding hydrogens is 586 g/mol. The molecule has 0 saturated carbocycles. The fraction of sp³-hybridized carbons (Fsp3) is 0.103. The minimum absolute atomic E-state index is 0.0700. The van der Waals surface area contributed by atoms with Gasteiger partial charge >= 0.3 is 24.3 Å². The molecule has 4 rings (SSSR count). The molecule has 43 heavy (non-hydrogen) atoms. The van der Waals surface area contributed by atoms with Crippen LogP contribution < -0.4 is 20.9 Å². The normalized spacial score (nSPS) is 12.0. The second-order valence-corrected chi connectivity index (χ2v) is 9.19. The fourth-order valence-corrected chi connectivity index (χ4v) is 4.32. The molecule has 0 spiro atoms. The van der Waals surface area contributed by atoms with Crippen LogP contribution in [0.3, 0.4) is 0 Å². The van der Waals surface area contributed by atoms with E-state index in [-0.39, 0.29) is 35.0 Å². The summed E-state index contributed by atoms with van der Waals surface area (Å²) in [5, 5.41) is 19.2. The molecule has 224 valence electrons. The van der Waals surface area contributed by atoms with Crippen LogP contribution in [0.15, 0.2) is 84.9 Å². The van der Waals surface area contributed by atoms with Crippen LogP contribution in [-0.2, 0) is 5.41 Å². The molecule has 0 fully saturated rings. The lowest BCUT2D eigenvalue weighted by Crippen LogP contribution is -2.55. The molecule has 14 heteroatoms. The minimum atomic E-state index is -6.20. The Hall–Kier alpha value is -5.40. The van der Waals surface area contributed by atoms with Gasteiger partial charge in [-0.2, -0.15) is 26.3 Å². The Balaban J connectivity index is 2.03. The number of halogens is 6. The molecule has 0 bridgehead atoms. The van der Waals surface area contributed by atoms with Crippen molar-refractivity contribution in [3.63, 3.8) is 0 Å². The highest BCUT2D eigenvalue weighted by molar-refractivity contribution is 5.89. The van der Waals surface area contributed by atoms with E-state index in [1.54, 1.807) is 0 Å². The Labute approximate surface area is 238 Å². The lowest BCUT2D eigenvalue weighted by molar-refractivity contribution is -0.288. The molecule has 0 unspecified atom stereocenters. The maximum Gasteiger partial charge on any atom is 0.411 e. The SMILES string of the molecule is Nc1ccc(Oc2cc(C(=O)O)cc(C(c3cc(Oc4ccc(N)cc4)cc(C(=O)O)c3)(C(F)(F)F)C(F)(F)F)c2)cc1. The van der Waals surface area contributed by atoms with Gasteiger partial charge in [0, 0.05) is 11.4 Å². The second kappa shape index (κ2) is 11.1. The third kappa shape index (κ3) is 6.12. The Morgan fingerprint density at radius 1 is 0.535 bits per heavy atom. The summed E-state index contributed by atoms with van der Waals surface area (Å²) in [6, 6.07) is 13.1. The van der Waals surface area contributed by atoms with Gasteiger partial charge in [0.1, 0.15) is 23.0 Å². The van der Waals surface area contributed by atoms with E-state index in [0.29, 0.717) is 12.1 Å². The van der Waals surface area contributed by atoms with E-state index in [1.807, 2.05) is 0 Å². The number of hydrogen-bond donors (Lipinski definition) is 4. The van der Waals surface area contributed by atoms with Crippen LogP contribution in [0, 0.1) is 0 Å². The Morgan fingerprint density at radius 3 is 1.14 bits per heavy atom. The van der Waals surface area contributed by atoms with Gasteiger partial charge in [-0.25, -0.2) is 9.59 Å². The highest BCUT2D eigenvalue weighted by Crippen LogP contribution is 2.57. The van der Waals surface area contributed by atoms with Gasteiger partial charge in [-0.15, -0.1) is 0 Å². The number of ether oxygens (including phenoxy) is 2. The predicted octanol–water partition coefficient (Wildman–Crippen LogP) is 7.24. The smallest absolute Gasteiger partial charge is 0.411 e. The first-order valence-corrected chi connectivity index (χ1v) is 12.0. The molecule has 8 nitrogen and oxygen atoms in total. The van der Waals surface area contributed by atoms with E-state index in [2.05, 4.69) is 0 Å². The van der Waals surface area contributed by atoms with Crippen molar-refractivity contribution in [1.82, 2.24) is 0 Å². The van der Waals surface area contributed by atoms with Crippen LogP contribution in [0.25, 0.3) is 0 Å². The first kappa shape index (κ1) is 30.6. The number of alkyl halides is 6. The quantitative estimate of drug-likeness (QED) is 0.121. The van der Waals surface area contributed by atoms with Gasteiger partial charge in [0.25, 0.3) is 0 Å². The molecule has 4 aromatic rings. The standard InChI is InChI=1S/C29H20F6N2O6/c30-28(31,32)27(29(33,34)35,17-9-15(25(38)39)11-23(13-17)42-21-5-1-19(36)2-6-21)18-10-16(26(40)41)12-24(14-18)43-22-7-3-20(37)4-8-22/h1-14H,36-37H2,(H,38,39)(H,40,41). The summed E-state index contributed by atoms with van der Waals surface area (Å²) in [6.45, 7) is 0. The fourth-order valence-electron chi connectivity index (χ4n) is 4.32. The lowest BCUT2D eigenvalue weighted by Gasteiger charge is -2.38. The van der Waals surface area contributed by atoms with Crippen molar-refractivity contribution in [1.29, 1.82) is 0 Å². The lowest BCUT2D eigenvalue weighted by atomic mass is 9.72. The molecule has 0 amide bonds. The van der Waals surface area contributed by atoms with Gasteiger partial charge in [0.2, 0.25) is 5.41 Å². The number of carboxylic acids is 2. The van der Waals surface area contributed by atoms with Crippen molar-refractivity contribution in [2.24, 2.45) is 0 Å². The van der Waals surface area contributed by atoms with E-state index in [4.69, 9.17) is 20.9 Å². The Bertz CT molecular complexity index is 1540. The van der Waals surface area contributed by atoms with Crippen molar-refractivity contribution < 1.29 is 55.6 Å². The topological polar surface area (TPSA) is 145 Å². The number of carbonyl (C=O) groups is 2. The van der Waals surface area contributed by atoms with E-state index >= 15 is 0 Å². The van der Waals surface area contributed by atoms with Crippen molar-refractivity contribution in [2.45, 2.75) is 17.8 Å². The van der Waals surface area contributed by atoms with E-state index in [9.17, 15) is 46.1 Å². The first-order chi connectivity index (χ1) is 20.0. The van der Waals surface area contributed by atoms with E-state index in [1.165, 1.54) is 48.5 Å². The number of aromatic carboxylic acids is 2. The van der Waals surface area contributed by atoms with Crippen molar-refractivity contribution in [2.75, 3.05) is 11.5 Å². The highest BCUT2D eigenvalue weighted by Gasteiger charge is 2.73. The van der Waals surface area contributed by atoms with Gasteiger partial charge in [-0.05, 0) is 96.1 Å². The number of benzene rings is 4. The van der Waals surface area contributed by atoms with Crippen molar-refractivity contribution in [3.8, 4) is 23.0 Å². The number of rotatable bonds is 8. The molecule has 0 heterocycles. The maximum absolute atomic E-state index is 15.0. The first-order valence-electron chi connectivity index (χ1n) is 12.0. The van der Waals surface area contributed by atoms with Gasteiger partial charge in [0.05, 0.1) is 11.1 Å². The Kier molecular flexibility index (Phi) is 7.90. The molecular formula is C29H20F6N2O6. The van der Waals surface area contributed by atoms with Gasteiger partial charge in [-0.3, -0.25) is 0 Å². The highest BCUT2D eigenvalue weighted by atomic mass is 19.4. The number of carboxylic acid groups (broad SMARTS) is 2. The number of hydrogen-bond acceptors (Lipinski definition) is 6. The molecule has 0 saturated heterocycles. The summed E-state index contributed by atoms with van der Waals surface area (Å²) < 4.78 is 101.